The van der Waals surface area contributed by atoms with Crippen LogP contribution in [0.3, 0.4) is 0 Å². The highest BCUT2D eigenvalue weighted by Crippen LogP contribution is 2.21. The highest BCUT2D eigenvalue weighted by molar-refractivity contribution is 5.73. The molecule has 0 saturated heterocycles. The first-order valence-electron chi connectivity index (χ1n) is 8.51. The quantitative estimate of drug-likeness (QED) is 0.907. The Balaban J connectivity index is 1.67. The molecule has 0 unspecified atom stereocenters. The molecule has 140 valence electrons. The van der Waals surface area contributed by atoms with E-state index in [1.165, 1.54) is 17.0 Å². The van der Waals surface area contributed by atoms with Gasteiger partial charge >= 0.3 is 6.03 Å². The van der Waals surface area contributed by atoms with Gasteiger partial charge in [-0.05, 0) is 24.6 Å². The monoisotopic (exact) mass is 363 g/mol. The summed E-state index contributed by atoms with van der Waals surface area (Å²) in [7, 11) is 3.35. The maximum Gasteiger partial charge on any atom is 0.317 e. The Hall–Kier alpha value is -2.48. The number of nitrogens with one attached hydrogen (secondary N) is 1. The molecule has 0 atom stereocenters. The Morgan fingerprint density at radius 1 is 1.31 bits per heavy atom. The second kappa shape index (κ2) is 7.41. The van der Waals surface area contributed by atoms with Crippen molar-refractivity contribution in [3.05, 3.63) is 52.3 Å². The first-order chi connectivity index (χ1) is 12.3. The Morgan fingerprint density at radius 3 is 2.81 bits per heavy atom. The summed E-state index contributed by atoms with van der Waals surface area (Å²) >= 11 is 0. The molecule has 8 heteroatoms. The molecule has 0 spiro atoms. The maximum atomic E-state index is 14.2. The predicted octanol–water partition coefficient (Wildman–Crippen LogP) is 2.26. The van der Waals surface area contributed by atoms with Crippen molar-refractivity contribution in [3.63, 3.8) is 0 Å². The fraction of sp³-hybridized carbons (Fsp3) is 0.444. The van der Waals surface area contributed by atoms with Crippen LogP contribution in [0.2, 0.25) is 0 Å². The summed E-state index contributed by atoms with van der Waals surface area (Å²) in [6, 6.07) is 4.51. The Kier molecular flexibility index (Phi) is 5.22. The molecule has 0 radical (unpaired) electrons. The van der Waals surface area contributed by atoms with Crippen molar-refractivity contribution in [2.45, 2.75) is 33.1 Å². The van der Waals surface area contributed by atoms with Gasteiger partial charge in [0.25, 0.3) is 0 Å². The summed E-state index contributed by atoms with van der Waals surface area (Å²) in [5, 5.41) is 7.26. The molecule has 0 saturated carbocycles. The second-order valence-electron chi connectivity index (χ2n) is 6.77. The molecule has 1 aromatic carbocycles. The lowest BCUT2D eigenvalue weighted by Crippen LogP contribution is -2.34. The fourth-order valence-corrected chi connectivity index (χ4v) is 3.01. The van der Waals surface area contributed by atoms with E-state index in [1.807, 2.05) is 15.6 Å². The van der Waals surface area contributed by atoms with Crippen LogP contribution in [-0.4, -0.2) is 46.3 Å². The number of carbonyl (C=O) groups excluding carboxylic acids is 1. The van der Waals surface area contributed by atoms with Crippen LogP contribution in [-0.2, 0) is 26.2 Å². The van der Waals surface area contributed by atoms with E-state index in [2.05, 4.69) is 10.4 Å². The van der Waals surface area contributed by atoms with E-state index in [1.54, 1.807) is 21.0 Å². The molecule has 2 amide bonds. The number of aromatic nitrogens is 2. The molecule has 1 aliphatic heterocycles. The van der Waals surface area contributed by atoms with Gasteiger partial charge in [-0.15, -0.1) is 0 Å². The molecule has 3 rings (SSSR count). The minimum Gasteiger partial charge on any atom is -0.332 e. The number of fused-ring (bicyclic) bond motifs is 1. The normalized spacial score (nSPS) is 14.2. The van der Waals surface area contributed by atoms with Gasteiger partial charge in [0.15, 0.2) is 0 Å². The van der Waals surface area contributed by atoms with Gasteiger partial charge in [0.1, 0.15) is 11.6 Å². The van der Waals surface area contributed by atoms with E-state index >= 15 is 0 Å². The SMILES string of the molecule is Cc1ccc(F)c(CN2CCn3nc(CNC(=O)N(C)C)cc3C2)c1F. The number of aryl methyl sites for hydroxylation is 1. The van der Waals surface area contributed by atoms with Crippen LogP contribution < -0.4 is 5.32 Å². The zero-order valence-electron chi connectivity index (χ0n) is 15.2. The molecular formula is C18H23F2N5O. The van der Waals surface area contributed by atoms with Gasteiger partial charge in [-0.3, -0.25) is 9.58 Å². The molecule has 1 aliphatic rings. The topological polar surface area (TPSA) is 53.4 Å². The zero-order chi connectivity index (χ0) is 18.8. The zero-order valence-corrected chi connectivity index (χ0v) is 15.2. The lowest BCUT2D eigenvalue weighted by Gasteiger charge is -2.27. The number of urea groups is 1. The molecule has 2 aromatic rings. The van der Waals surface area contributed by atoms with Gasteiger partial charge in [-0.1, -0.05) is 6.07 Å². The number of nitrogens with zero attached hydrogens (tertiary/aromatic N) is 4. The minimum atomic E-state index is -0.515. The fourth-order valence-electron chi connectivity index (χ4n) is 3.01. The van der Waals surface area contributed by atoms with E-state index in [4.69, 9.17) is 0 Å². The number of benzene rings is 1. The molecule has 26 heavy (non-hydrogen) atoms. The Morgan fingerprint density at radius 2 is 2.08 bits per heavy atom. The van der Waals surface area contributed by atoms with Gasteiger partial charge < -0.3 is 10.2 Å². The third-order valence-electron chi connectivity index (χ3n) is 4.52. The lowest BCUT2D eigenvalue weighted by molar-refractivity contribution is 0.200. The largest absolute Gasteiger partial charge is 0.332 e. The third-order valence-corrected chi connectivity index (χ3v) is 4.52. The Bertz CT molecular complexity index is 818. The lowest BCUT2D eigenvalue weighted by atomic mass is 10.1. The van der Waals surface area contributed by atoms with Crippen molar-refractivity contribution in [2.24, 2.45) is 0 Å². The molecule has 0 aliphatic carbocycles. The van der Waals surface area contributed by atoms with Gasteiger partial charge in [0.2, 0.25) is 0 Å². The van der Waals surface area contributed by atoms with Crippen molar-refractivity contribution < 1.29 is 13.6 Å². The number of hydrogen-bond acceptors (Lipinski definition) is 3. The highest BCUT2D eigenvalue weighted by Gasteiger charge is 2.21. The maximum absolute atomic E-state index is 14.2. The molecule has 2 heterocycles. The van der Waals surface area contributed by atoms with E-state index in [0.29, 0.717) is 31.7 Å². The third kappa shape index (κ3) is 3.85. The van der Waals surface area contributed by atoms with E-state index in [9.17, 15) is 13.6 Å². The number of halogens is 2. The van der Waals surface area contributed by atoms with E-state index in [0.717, 1.165) is 11.4 Å². The van der Waals surface area contributed by atoms with Crippen LogP contribution in [0.5, 0.6) is 0 Å². The summed E-state index contributed by atoms with van der Waals surface area (Å²) < 4.78 is 30.1. The number of amides is 2. The van der Waals surface area contributed by atoms with Crippen molar-refractivity contribution in [1.82, 2.24) is 24.9 Å². The van der Waals surface area contributed by atoms with Crippen LogP contribution in [0.25, 0.3) is 0 Å². The summed E-state index contributed by atoms with van der Waals surface area (Å²) in [5.74, 6) is -0.990. The average molecular weight is 363 g/mol. The minimum absolute atomic E-state index is 0.108. The molecule has 0 bridgehead atoms. The van der Waals surface area contributed by atoms with E-state index in [-0.39, 0.29) is 18.1 Å². The summed E-state index contributed by atoms with van der Waals surface area (Å²) in [6.45, 7) is 4.06. The number of carbonyl (C=O) groups is 1. The average Bonchev–Trinajstić information content (AvgIpc) is 3.02. The van der Waals surface area contributed by atoms with E-state index < -0.39 is 11.6 Å². The molecule has 1 aromatic heterocycles. The molecule has 6 nitrogen and oxygen atoms in total. The summed E-state index contributed by atoms with van der Waals surface area (Å²) in [4.78, 5) is 15.1. The van der Waals surface area contributed by atoms with Gasteiger partial charge in [-0.2, -0.15) is 5.10 Å². The van der Waals surface area contributed by atoms with Crippen molar-refractivity contribution >= 4 is 6.03 Å². The summed E-state index contributed by atoms with van der Waals surface area (Å²) in [5.41, 5.74) is 2.29. The summed E-state index contributed by atoms with van der Waals surface area (Å²) in [6.07, 6.45) is 0. The molecule has 0 fully saturated rings. The van der Waals surface area contributed by atoms with Crippen LogP contribution in [0.4, 0.5) is 13.6 Å². The van der Waals surface area contributed by atoms with Gasteiger partial charge in [-0.25, -0.2) is 13.6 Å². The smallest absolute Gasteiger partial charge is 0.317 e. The number of hydrogen-bond donors (Lipinski definition) is 1. The highest BCUT2D eigenvalue weighted by atomic mass is 19.1. The van der Waals surface area contributed by atoms with Crippen LogP contribution in [0.1, 0.15) is 22.5 Å². The van der Waals surface area contributed by atoms with Crippen LogP contribution in [0, 0.1) is 18.6 Å². The van der Waals surface area contributed by atoms with Crippen molar-refractivity contribution in [2.75, 3.05) is 20.6 Å². The molecular weight excluding hydrogens is 340 g/mol. The van der Waals surface area contributed by atoms with Crippen molar-refractivity contribution in [1.29, 1.82) is 0 Å². The van der Waals surface area contributed by atoms with Crippen molar-refractivity contribution in [3.8, 4) is 0 Å². The van der Waals surface area contributed by atoms with Gasteiger partial charge in [0, 0.05) is 39.3 Å². The standard InChI is InChI=1S/C18H23F2N5O/c1-12-4-5-16(19)15(17(12)20)11-24-6-7-25-14(10-24)8-13(22-25)9-21-18(26)23(2)3/h4-5,8H,6-7,9-11H2,1-3H3,(H,21,26). The number of rotatable bonds is 4. The first kappa shape index (κ1) is 18.3. The first-order valence-corrected chi connectivity index (χ1v) is 8.51. The second-order valence-corrected chi connectivity index (χ2v) is 6.77. The Labute approximate surface area is 151 Å². The molecule has 1 N–H and O–H groups in total. The van der Waals surface area contributed by atoms with Crippen LogP contribution in [0.15, 0.2) is 18.2 Å². The van der Waals surface area contributed by atoms with Gasteiger partial charge in [0.05, 0.1) is 24.5 Å². The van der Waals surface area contributed by atoms with Crippen LogP contribution >= 0.6 is 0 Å². The predicted molar refractivity (Wildman–Crippen MR) is 93.4 cm³/mol.